The number of unbranched alkanes of at least 4 members (excludes halogenated alkanes) is 3. The van der Waals surface area contributed by atoms with E-state index in [1.165, 1.54) is 0 Å². The minimum atomic E-state index is 0.247. The minimum Gasteiger partial charge on any atom is -0.494 e. The molecule has 0 saturated carbocycles. The van der Waals surface area contributed by atoms with Crippen molar-refractivity contribution in [2.75, 3.05) is 46.2 Å². The molecule has 1 aliphatic rings. The third-order valence-electron chi connectivity index (χ3n) is 7.41. The van der Waals surface area contributed by atoms with Gasteiger partial charge in [-0.1, -0.05) is 56.0 Å². The van der Waals surface area contributed by atoms with Gasteiger partial charge in [0.1, 0.15) is 17.2 Å². The third-order valence-corrected chi connectivity index (χ3v) is 7.41. The third kappa shape index (κ3) is 9.42. The van der Waals surface area contributed by atoms with Gasteiger partial charge in [-0.05, 0) is 85.2 Å². The van der Waals surface area contributed by atoms with E-state index in [0.29, 0.717) is 6.61 Å². The summed E-state index contributed by atoms with van der Waals surface area (Å²) in [6.07, 6.45) is 8.18. The molecular weight excluding hydrogens is 500 g/mol. The summed E-state index contributed by atoms with van der Waals surface area (Å²) in [4.78, 5) is 0. The van der Waals surface area contributed by atoms with Crippen molar-refractivity contribution in [3.05, 3.63) is 84.9 Å². The molecule has 3 aromatic rings. The van der Waals surface area contributed by atoms with E-state index in [9.17, 15) is 0 Å². The first-order valence-electron chi connectivity index (χ1n) is 14.7. The Morgan fingerprint density at radius 1 is 0.650 bits per heavy atom. The molecule has 5 heteroatoms. The van der Waals surface area contributed by atoms with Gasteiger partial charge in [-0.2, -0.15) is 0 Å². The molecule has 0 N–H and O–H groups in total. The van der Waals surface area contributed by atoms with Gasteiger partial charge in [0.05, 0.1) is 39.6 Å². The highest BCUT2D eigenvalue weighted by Gasteiger charge is 2.36. The van der Waals surface area contributed by atoms with Gasteiger partial charge >= 0.3 is 0 Å². The molecule has 0 radical (unpaired) electrons. The number of ether oxygens (including phenoxy) is 5. The van der Waals surface area contributed by atoms with Crippen LogP contribution in [0.4, 0.5) is 0 Å². The number of benzene rings is 3. The molecular formula is C35H44O5. The van der Waals surface area contributed by atoms with E-state index in [1.807, 2.05) is 54.6 Å². The Balaban J connectivity index is 1.04. The van der Waals surface area contributed by atoms with E-state index in [2.05, 4.69) is 37.8 Å². The van der Waals surface area contributed by atoms with Crippen LogP contribution < -0.4 is 14.2 Å². The van der Waals surface area contributed by atoms with E-state index >= 15 is 0 Å². The van der Waals surface area contributed by atoms with E-state index < -0.39 is 0 Å². The Bertz CT molecular complexity index is 1110. The van der Waals surface area contributed by atoms with E-state index in [-0.39, 0.29) is 5.41 Å². The molecule has 1 saturated heterocycles. The molecule has 0 aliphatic carbocycles. The van der Waals surface area contributed by atoms with Crippen LogP contribution in [0.3, 0.4) is 0 Å². The maximum absolute atomic E-state index is 5.94. The normalized spacial score (nSPS) is 13.8. The maximum atomic E-state index is 5.94. The van der Waals surface area contributed by atoms with Gasteiger partial charge < -0.3 is 23.7 Å². The van der Waals surface area contributed by atoms with Crippen molar-refractivity contribution in [1.29, 1.82) is 0 Å². The Morgan fingerprint density at radius 3 is 1.55 bits per heavy atom. The fourth-order valence-corrected chi connectivity index (χ4v) is 4.55. The SMILES string of the molecule is C=Cc1ccc(OCCCCCCOc2ccc(-c3ccc(OCCCOCC4(CC)COC4)cc3)cc2)cc1. The minimum absolute atomic E-state index is 0.247. The summed E-state index contributed by atoms with van der Waals surface area (Å²) in [7, 11) is 0. The van der Waals surface area contributed by atoms with Crippen LogP contribution in [0.1, 0.15) is 51.0 Å². The quantitative estimate of drug-likeness (QED) is 0.142. The van der Waals surface area contributed by atoms with Crippen molar-refractivity contribution >= 4 is 6.08 Å². The molecule has 1 heterocycles. The average Bonchev–Trinajstić information content (AvgIpc) is 2.98. The monoisotopic (exact) mass is 544 g/mol. The summed E-state index contributed by atoms with van der Waals surface area (Å²) in [6, 6.07) is 24.6. The topological polar surface area (TPSA) is 46.2 Å². The summed E-state index contributed by atoms with van der Waals surface area (Å²) in [6.45, 7) is 11.3. The maximum Gasteiger partial charge on any atom is 0.119 e. The Hall–Kier alpha value is -3.28. The summed E-state index contributed by atoms with van der Waals surface area (Å²) in [5, 5.41) is 0. The fraction of sp³-hybridized carbons (Fsp3) is 0.429. The first-order chi connectivity index (χ1) is 19.7. The predicted octanol–water partition coefficient (Wildman–Crippen LogP) is 8.23. The molecule has 0 unspecified atom stereocenters. The second-order valence-corrected chi connectivity index (χ2v) is 10.5. The molecule has 214 valence electrons. The molecule has 0 atom stereocenters. The van der Waals surface area contributed by atoms with E-state index in [4.69, 9.17) is 23.7 Å². The van der Waals surface area contributed by atoms with E-state index in [1.54, 1.807) is 0 Å². The van der Waals surface area contributed by atoms with Crippen molar-refractivity contribution < 1.29 is 23.7 Å². The van der Waals surface area contributed by atoms with Gasteiger partial charge in [-0.3, -0.25) is 0 Å². The van der Waals surface area contributed by atoms with Gasteiger partial charge in [0.15, 0.2) is 0 Å². The lowest BCUT2D eigenvalue weighted by Gasteiger charge is -2.40. The van der Waals surface area contributed by atoms with Crippen LogP contribution in [0.15, 0.2) is 79.4 Å². The van der Waals surface area contributed by atoms with Gasteiger partial charge in [0.2, 0.25) is 0 Å². The smallest absolute Gasteiger partial charge is 0.119 e. The Kier molecular flexibility index (Phi) is 12.0. The van der Waals surface area contributed by atoms with Crippen LogP contribution in [-0.2, 0) is 9.47 Å². The molecule has 5 nitrogen and oxygen atoms in total. The molecule has 40 heavy (non-hydrogen) atoms. The van der Waals surface area contributed by atoms with Crippen molar-refractivity contribution in [1.82, 2.24) is 0 Å². The molecule has 1 fully saturated rings. The van der Waals surface area contributed by atoms with Crippen molar-refractivity contribution in [3.8, 4) is 28.4 Å². The highest BCUT2D eigenvalue weighted by molar-refractivity contribution is 5.64. The molecule has 0 spiro atoms. The Labute approximate surface area is 240 Å². The summed E-state index contributed by atoms with van der Waals surface area (Å²) < 4.78 is 28.8. The zero-order valence-corrected chi connectivity index (χ0v) is 23.9. The Morgan fingerprint density at radius 2 is 1.12 bits per heavy atom. The predicted molar refractivity (Wildman–Crippen MR) is 162 cm³/mol. The van der Waals surface area contributed by atoms with Crippen molar-refractivity contribution in [2.24, 2.45) is 5.41 Å². The van der Waals surface area contributed by atoms with Crippen molar-refractivity contribution in [2.45, 2.75) is 45.4 Å². The summed E-state index contributed by atoms with van der Waals surface area (Å²) in [5.74, 6) is 2.71. The molecule has 0 bridgehead atoms. The van der Waals surface area contributed by atoms with Crippen LogP contribution in [0.2, 0.25) is 0 Å². The molecule has 0 amide bonds. The highest BCUT2D eigenvalue weighted by Crippen LogP contribution is 2.31. The van der Waals surface area contributed by atoms with E-state index in [0.717, 1.165) is 112 Å². The highest BCUT2D eigenvalue weighted by atomic mass is 16.5. The van der Waals surface area contributed by atoms with Gasteiger partial charge in [0, 0.05) is 18.4 Å². The lowest BCUT2D eigenvalue weighted by molar-refractivity contribution is -0.150. The lowest BCUT2D eigenvalue weighted by Crippen LogP contribution is -2.45. The fourth-order valence-electron chi connectivity index (χ4n) is 4.55. The summed E-state index contributed by atoms with van der Waals surface area (Å²) in [5.41, 5.74) is 3.68. The van der Waals surface area contributed by atoms with Crippen LogP contribution >= 0.6 is 0 Å². The van der Waals surface area contributed by atoms with Gasteiger partial charge in [-0.25, -0.2) is 0 Å². The molecule has 0 aromatic heterocycles. The first kappa shape index (κ1) is 29.7. The second-order valence-electron chi connectivity index (χ2n) is 10.5. The number of rotatable bonds is 19. The van der Waals surface area contributed by atoms with Crippen LogP contribution in [0, 0.1) is 5.41 Å². The largest absolute Gasteiger partial charge is 0.494 e. The standard InChI is InChI=1S/C35H44O5/c1-3-29-10-16-32(17-11-29)38-23-7-5-6-8-24-39-33-18-12-30(13-19-33)31-14-20-34(21-15-31)40-25-9-22-36-26-35(4-2)27-37-28-35/h3,10-21H,1,4-9,22-28H2,2H3. The van der Waals surface area contributed by atoms with Gasteiger partial charge in [0.25, 0.3) is 0 Å². The second kappa shape index (κ2) is 16.1. The average molecular weight is 545 g/mol. The van der Waals surface area contributed by atoms with Crippen molar-refractivity contribution in [3.63, 3.8) is 0 Å². The zero-order chi connectivity index (χ0) is 27.9. The molecule has 1 aliphatic heterocycles. The number of hydrogen-bond donors (Lipinski definition) is 0. The molecule has 4 rings (SSSR count). The van der Waals surface area contributed by atoms with Crippen LogP contribution in [0.25, 0.3) is 17.2 Å². The molecule has 3 aromatic carbocycles. The first-order valence-corrected chi connectivity index (χ1v) is 14.7. The summed E-state index contributed by atoms with van der Waals surface area (Å²) >= 11 is 0. The zero-order valence-electron chi connectivity index (χ0n) is 23.9. The van der Waals surface area contributed by atoms with Crippen LogP contribution in [-0.4, -0.2) is 46.2 Å². The van der Waals surface area contributed by atoms with Crippen LogP contribution in [0.5, 0.6) is 17.2 Å². The lowest BCUT2D eigenvalue weighted by atomic mass is 9.84. The number of hydrogen-bond acceptors (Lipinski definition) is 5. The van der Waals surface area contributed by atoms with Gasteiger partial charge in [-0.15, -0.1) is 0 Å².